The molecule has 0 radical (unpaired) electrons. The van der Waals surface area contributed by atoms with E-state index in [0.29, 0.717) is 18.2 Å². The fourth-order valence-corrected chi connectivity index (χ4v) is 3.33. The lowest BCUT2D eigenvalue weighted by atomic mass is 9.95. The fourth-order valence-electron chi connectivity index (χ4n) is 2.59. The quantitative estimate of drug-likeness (QED) is 0.916. The number of hydrogen-bond donors (Lipinski definition) is 1. The van der Waals surface area contributed by atoms with Gasteiger partial charge in [-0.05, 0) is 37.6 Å². The Kier molecular flexibility index (Phi) is 4.85. The van der Waals surface area contributed by atoms with Crippen molar-refractivity contribution in [3.63, 3.8) is 0 Å². The van der Waals surface area contributed by atoms with E-state index in [4.69, 9.17) is 4.74 Å². The number of ether oxygens (including phenoxy) is 1. The molecule has 1 fully saturated rings. The summed E-state index contributed by atoms with van der Waals surface area (Å²) in [5.74, 6) is -0.103. The Morgan fingerprint density at radius 2 is 2.14 bits per heavy atom. The number of methoxy groups -OCH3 is 1. The molecule has 1 aliphatic rings. The van der Waals surface area contributed by atoms with E-state index >= 15 is 0 Å². The molecule has 5 nitrogen and oxygen atoms in total. The Bertz CT molecular complexity index is 606. The Labute approximate surface area is 125 Å². The number of piperidine rings is 1. The van der Waals surface area contributed by atoms with Crippen LogP contribution in [0.2, 0.25) is 0 Å². The van der Waals surface area contributed by atoms with Crippen molar-refractivity contribution in [2.45, 2.75) is 24.3 Å². The van der Waals surface area contributed by atoms with Crippen LogP contribution in [0.3, 0.4) is 0 Å². The molecular formula is C14H21FN2O3S. The molecule has 2 rings (SSSR count). The number of hydrogen-bond acceptors (Lipinski definition) is 4. The summed E-state index contributed by atoms with van der Waals surface area (Å²) in [4.78, 5) is 1.83. The molecule has 21 heavy (non-hydrogen) atoms. The fraction of sp³-hybridized carbons (Fsp3) is 0.571. The number of halogens is 1. The molecule has 7 heteroatoms. The van der Waals surface area contributed by atoms with Crippen molar-refractivity contribution in [2.24, 2.45) is 5.92 Å². The molecule has 0 spiro atoms. The molecule has 118 valence electrons. The largest absolute Gasteiger partial charge is 0.379 e. The molecule has 1 N–H and O–H groups in total. The summed E-state index contributed by atoms with van der Waals surface area (Å²) in [6, 6.07) is 3.99. The van der Waals surface area contributed by atoms with Gasteiger partial charge in [-0.1, -0.05) is 6.92 Å². The second-order valence-electron chi connectivity index (χ2n) is 5.31. The zero-order chi connectivity index (χ0) is 15.6. The van der Waals surface area contributed by atoms with Gasteiger partial charge in [-0.25, -0.2) is 17.5 Å². The van der Waals surface area contributed by atoms with Gasteiger partial charge in [0, 0.05) is 20.2 Å². The molecule has 1 aromatic carbocycles. The summed E-state index contributed by atoms with van der Waals surface area (Å²) in [5.41, 5.74) is 0.416. The van der Waals surface area contributed by atoms with E-state index in [2.05, 4.69) is 11.6 Å². The molecule has 0 saturated carbocycles. The van der Waals surface area contributed by atoms with Gasteiger partial charge in [0.05, 0.1) is 16.7 Å². The summed E-state index contributed by atoms with van der Waals surface area (Å²) in [7, 11) is -0.667. The first kappa shape index (κ1) is 16.2. The molecule has 0 aromatic heterocycles. The van der Waals surface area contributed by atoms with Crippen LogP contribution in [0.25, 0.3) is 0 Å². The first-order chi connectivity index (χ1) is 9.89. The van der Waals surface area contributed by atoms with E-state index in [9.17, 15) is 12.8 Å². The van der Waals surface area contributed by atoms with Crippen molar-refractivity contribution in [3.05, 3.63) is 24.0 Å². The van der Waals surface area contributed by atoms with Gasteiger partial charge in [-0.2, -0.15) is 0 Å². The molecule has 2 unspecified atom stereocenters. The molecule has 1 aromatic rings. The Hall–Kier alpha value is -1.18. The van der Waals surface area contributed by atoms with E-state index in [1.54, 1.807) is 7.11 Å². The summed E-state index contributed by atoms with van der Waals surface area (Å²) < 4.78 is 45.2. The molecule has 0 amide bonds. The van der Waals surface area contributed by atoms with Crippen LogP contribution in [0.5, 0.6) is 0 Å². The van der Waals surface area contributed by atoms with Crippen LogP contribution >= 0.6 is 0 Å². The molecule has 0 aliphatic carbocycles. The van der Waals surface area contributed by atoms with Gasteiger partial charge in [0.15, 0.2) is 0 Å². The van der Waals surface area contributed by atoms with Crippen LogP contribution < -0.4 is 9.62 Å². The second kappa shape index (κ2) is 6.29. The maximum Gasteiger partial charge on any atom is 0.240 e. The van der Waals surface area contributed by atoms with E-state index in [1.165, 1.54) is 19.2 Å². The van der Waals surface area contributed by atoms with E-state index in [-0.39, 0.29) is 11.0 Å². The molecule has 0 bridgehead atoms. The SMILES string of the molecule is CNS(=O)(=O)c1ccc(N2CCC(C)C(OC)C2)c(F)c1. The third kappa shape index (κ3) is 3.36. The molecule has 1 heterocycles. The topological polar surface area (TPSA) is 58.6 Å². The van der Waals surface area contributed by atoms with Crippen LogP contribution in [-0.4, -0.2) is 41.8 Å². The number of anilines is 1. The van der Waals surface area contributed by atoms with Crippen LogP contribution in [0.4, 0.5) is 10.1 Å². The third-order valence-corrected chi connectivity index (χ3v) is 5.44. The minimum Gasteiger partial charge on any atom is -0.379 e. The average Bonchev–Trinajstić information content (AvgIpc) is 2.48. The Morgan fingerprint density at radius 3 is 2.71 bits per heavy atom. The first-order valence-electron chi connectivity index (χ1n) is 6.90. The Morgan fingerprint density at radius 1 is 1.43 bits per heavy atom. The van der Waals surface area contributed by atoms with E-state index in [1.807, 2.05) is 4.90 Å². The standard InChI is InChI=1S/C14H21FN2O3S/c1-10-6-7-17(9-14(10)20-3)13-5-4-11(8-12(13)15)21(18,19)16-2/h4-5,8,10,14,16H,6-7,9H2,1-3H3. The Balaban J connectivity index is 2.26. The zero-order valence-corrected chi connectivity index (χ0v) is 13.3. The number of nitrogens with zero attached hydrogens (tertiary/aromatic N) is 1. The predicted octanol–water partition coefficient (Wildman–Crippen LogP) is 1.59. The van der Waals surface area contributed by atoms with E-state index in [0.717, 1.165) is 19.0 Å². The summed E-state index contributed by atoms with van der Waals surface area (Å²) in [6.45, 7) is 3.45. The average molecular weight is 316 g/mol. The van der Waals surface area contributed by atoms with Crippen LogP contribution in [0, 0.1) is 11.7 Å². The van der Waals surface area contributed by atoms with Crippen molar-refractivity contribution in [3.8, 4) is 0 Å². The van der Waals surface area contributed by atoms with Crippen molar-refractivity contribution in [1.82, 2.24) is 4.72 Å². The summed E-state index contributed by atoms with van der Waals surface area (Å²) in [6.07, 6.45) is 0.966. The second-order valence-corrected chi connectivity index (χ2v) is 7.19. The highest BCUT2D eigenvalue weighted by Gasteiger charge is 2.27. The van der Waals surface area contributed by atoms with Gasteiger partial charge in [0.25, 0.3) is 0 Å². The highest BCUT2D eigenvalue weighted by atomic mass is 32.2. The van der Waals surface area contributed by atoms with Gasteiger partial charge in [-0.15, -0.1) is 0 Å². The third-order valence-electron chi connectivity index (χ3n) is 4.03. The maximum absolute atomic E-state index is 14.3. The van der Waals surface area contributed by atoms with Crippen molar-refractivity contribution >= 4 is 15.7 Å². The molecule has 1 aliphatic heterocycles. The van der Waals surface area contributed by atoms with Gasteiger partial charge >= 0.3 is 0 Å². The smallest absolute Gasteiger partial charge is 0.240 e. The van der Waals surface area contributed by atoms with E-state index < -0.39 is 15.8 Å². The number of benzene rings is 1. The van der Waals surface area contributed by atoms with Gasteiger partial charge < -0.3 is 9.64 Å². The van der Waals surface area contributed by atoms with Crippen LogP contribution in [0.15, 0.2) is 23.1 Å². The molecular weight excluding hydrogens is 295 g/mol. The number of nitrogens with one attached hydrogen (secondary N) is 1. The molecule has 1 saturated heterocycles. The van der Waals surface area contributed by atoms with Crippen LogP contribution in [-0.2, 0) is 14.8 Å². The number of rotatable bonds is 4. The van der Waals surface area contributed by atoms with Crippen LogP contribution in [0.1, 0.15) is 13.3 Å². The highest BCUT2D eigenvalue weighted by molar-refractivity contribution is 7.89. The highest BCUT2D eigenvalue weighted by Crippen LogP contribution is 2.28. The van der Waals surface area contributed by atoms with Crippen molar-refractivity contribution < 1.29 is 17.5 Å². The van der Waals surface area contributed by atoms with Gasteiger partial charge in [-0.3, -0.25) is 0 Å². The maximum atomic E-state index is 14.3. The minimum atomic E-state index is -3.63. The first-order valence-corrected chi connectivity index (χ1v) is 8.38. The molecule has 2 atom stereocenters. The number of sulfonamides is 1. The lowest BCUT2D eigenvalue weighted by molar-refractivity contribution is 0.0497. The van der Waals surface area contributed by atoms with Gasteiger partial charge in [0.2, 0.25) is 10.0 Å². The van der Waals surface area contributed by atoms with Gasteiger partial charge in [0.1, 0.15) is 5.82 Å². The zero-order valence-electron chi connectivity index (χ0n) is 12.5. The monoisotopic (exact) mass is 316 g/mol. The van der Waals surface area contributed by atoms with Crippen molar-refractivity contribution in [1.29, 1.82) is 0 Å². The predicted molar refractivity (Wildman–Crippen MR) is 79.4 cm³/mol. The lowest BCUT2D eigenvalue weighted by Gasteiger charge is -2.37. The van der Waals surface area contributed by atoms with Crippen molar-refractivity contribution in [2.75, 3.05) is 32.1 Å². The summed E-state index contributed by atoms with van der Waals surface area (Å²) >= 11 is 0. The normalized spacial score (nSPS) is 23.3. The minimum absolute atomic E-state index is 0.0545. The lowest BCUT2D eigenvalue weighted by Crippen LogP contribution is -2.44. The summed E-state index contributed by atoms with van der Waals surface area (Å²) in [5, 5.41) is 0.